The van der Waals surface area contributed by atoms with Crippen molar-refractivity contribution in [2.75, 3.05) is 0 Å². The van der Waals surface area contributed by atoms with Crippen LogP contribution in [0.4, 0.5) is 0 Å². The van der Waals surface area contributed by atoms with Crippen molar-refractivity contribution in [1.82, 2.24) is 20.9 Å². The Morgan fingerprint density at radius 2 is 1.84 bits per heavy atom. The minimum atomic E-state index is -0.395. The van der Waals surface area contributed by atoms with E-state index in [4.69, 9.17) is 0 Å². The molecule has 1 aliphatic rings. The number of carbonyl (C=O) groups is 2. The summed E-state index contributed by atoms with van der Waals surface area (Å²) >= 11 is 0. The lowest BCUT2D eigenvalue weighted by molar-refractivity contribution is -0.122. The smallest absolute Gasteiger partial charge is 0.220 e. The molecule has 1 aliphatic heterocycles. The lowest BCUT2D eigenvalue weighted by Crippen LogP contribution is -2.44. The lowest BCUT2D eigenvalue weighted by Gasteiger charge is -2.29. The topological polar surface area (TPSA) is 97.1 Å². The second-order valence-corrected chi connectivity index (χ2v) is 8.14. The third-order valence-corrected chi connectivity index (χ3v) is 5.87. The fraction of sp³-hybridized carbons (Fsp3) is 0.333. The van der Waals surface area contributed by atoms with Crippen molar-refractivity contribution in [3.8, 4) is 11.1 Å². The molecule has 0 radical (unpaired) electrons. The lowest BCUT2D eigenvalue weighted by atomic mass is 9.84. The molecule has 1 saturated heterocycles. The Kier molecular flexibility index (Phi) is 6.11. The second kappa shape index (κ2) is 9.12. The fourth-order valence-corrected chi connectivity index (χ4v) is 4.05. The van der Waals surface area contributed by atoms with E-state index >= 15 is 0 Å². The van der Waals surface area contributed by atoms with E-state index in [1.807, 2.05) is 18.2 Å². The number of aryl methyl sites for hydroxylation is 1. The van der Waals surface area contributed by atoms with Gasteiger partial charge in [0.15, 0.2) is 0 Å². The molecule has 1 aromatic heterocycles. The van der Waals surface area contributed by atoms with Crippen LogP contribution in [0.15, 0.2) is 59.2 Å². The number of carbonyl (C=O) groups excluding carboxylic acids is 2. The van der Waals surface area contributed by atoms with Crippen molar-refractivity contribution in [2.24, 2.45) is 0 Å². The van der Waals surface area contributed by atoms with Gasteiger partial charge in [-0.25, -0.2) is 4.63 Å². The number of rotatable bonds is 8. The molecule has 7 nitrogen and oxygen atoms in total. The van der Waals surface area contributed by atoms with E-state index in [0.717, 1.165) is 17.5 Å². The molecule has 1 atom stereocenters. The molecule has 31 heavy (non-hydrogen) atoms. The number of nitrogens with one attached hydrogen (secondary N) is 2. The van der Waals surface area contributed by atoms with Crippen LogP contribution in [-0.4, -0.2) is 27.7 Å². The largest absolute Gasteiger partial charge is 0.350 e. The zero-order valence-electron chi connectivity index (χ0n) is 17.6. The van der Waals surface area contributed by atoms with E-state index in [2.05, 4.69) is 62.0 Å². The van der Waals surface area contributed by atoms with E-state index in [1.54, 1.807) is 6.92 Å². The van der Waals surface area contributed by atoms with Crippen molar-refractivity contribution < 1.29 is 14.2 Å². The fourth-order valence-electron chi connectivity index (χ4n) is 4.05. The molecular formula is C24H26N4O3. The molecule has 2 aromatic carbocycles. The summed E-state index contributed by atoms with van der Waals surface area (Å²) in [6.45, 7) is 2.07. The Morgan fingerprint density at radius 1 is 1.10 bits per heavy atom. The maximum Gasteiger partial charge on any atom is 0.220 e. The van der Waals surface area contributed by atoms with Crippen LogP contribution in [0.3, 0.4) is 0 Å². The summed E-state index contributed by atoms with van der Waals surface area (Å²) in [7, 11) is 0. The summed E-state index contributed by atoms with van der Waals surface area (Å²) in [5, 5.41) is 13.5. The molecule has 0 saturated carbocycles. The third kappa shape index (κ3) is 5.17. The summed E-state index contributed by atoms with van der Waals surface area (Å²) in [6, 6.07) is 18.7. The summed E-state index contributed by atoms with van der Waals surface area (Å²) in [5.41, 5.74) is 4.37. The van der Waals surface area contributed by atoms with Crippen molar-refractivity contribution in [3.63, 3.8) is 0 Å². The summed E-state index contributed by atoms with van der Waals surface area (Å²) in [6.07, 6.45) is 2.83. The zero-order valence-corrected chi connectivity index (χ0v) is 17.6. The Hall–Kier alpha value is -3.48. The van der Waals surface area contributed by atoms with Crippen molar-refractivity contribution >= 4 is 11.8 Å². The molecule has 0 unspecified atom stereocenters. The highest BCUT2D eigenvalue weighted by molar-refractivity contribution is 5.80. The van der Waals surface area contributed by atoms with Crippen LogP contribution in [0.25, 0.3) is 11.1 Å². The van der Waals surface area contributed by atoms with Crippen LogP contribution in [0.5, 0.6) is 0 Å². The monoisotopic (exact) mass is 418 g/mol. The molecule has 160 valence electrons. The van der Waals surface area contributed by atoms with Gasteiger partial charge in [0.2, 0.25) is 11.8 Å². The van der Waals surface area contributed by atoms with Crippen LogP contribution in [0.1, 0.15) is 42.6 Å². The van der Waals surface area contributed by atoms with Gasteiger partial charge in [-0.3, -0.25) is 9.59 Å². The molecule has 0 spiro atoms. The number of hydrogen-bond acceptors (Lipinski definition) is 5. The maximum absolute atomic E-state index is 12.4. The standard InChI is InChI=1S/C24H26N4O3/c1-17-21(28-31-27-17)16-25-22(29)11-13-24(14-12-23(30)26-24)15-18-7-9-20(10-8-18)19-5-3-2-4-6-19/h2-10H,11-16H2,1H3,(H,25,29)(H,26,30)/t24-/m0/s1. The molecule has 7 heteroatoms. The maximum atomic E-state index is 12.4. The van der Waals surface area contributed by atoms with Crippen molar-refractivity contribution in [1.29, 1.82) is 0 Å². The van der Waals surface area contributed by atoms with Crippen LogP contribution in [-0.2, 0) is 22.6 Å². The quantitative estimate of drug-likeness (QED) is 0.585. The molecule has 0 aliphatic carbocycles. The SMILES string of the molecule is Cc1nonc1CNC(=O)CC[C@@]1(Cc2ccc(-c3ccccc3)cc2)CCC(=O)N1. The van der Waals surface area contributed by atoms with E-state index in [-0.39, 0.29) is 18.4 Å². The van der Waals surface area contributed by atoms with Crippen LogP contribution >= 0.6 is 0 Å². The molecule has 2 N–H and O–H groups in total. The van der Waals surface area contributed by atoms with Gasteiger partial charge in [-0.1, -0.05) is 64.9 Å². The number of nitrogens with zero attached hydrogens (tertiary/aromatic N) is 2. The van der Waals surface area contributed by atoms with Crippen molar-refractivity contribution in [2.45, 2.75) is 51.1 Å². The minimum Gasteiger partial charge on any atom is -0.350 e. The Morgan fingerprint density at radius 3 is 2.48 bits per heavy atom. The van der Waals surface area contributed by atoms with Crippen LogP contribution in [0, 0.1) is 6.92 Å². The third-order valence-electron chi connectivity index (χ3n) is 5.87. The Bertz CT molecular complexity index is 1050. The normalized spacial score (nSPS) is 18.0. The van der Waals surface area contributed by atoms with Gasteiger partial charge in [-0.2, -0.15) is 0 Å². The summed E-state index contributed by atoms with van der Waals surface area (Å²) in [4.78, 5) is 24.4. The molecule has 4 rings (SSSR count). The second-order valence-electron chi connectivity index (χ2n) is 8.14. The molecular weight excluding hydrogens is 392 g/mol. The first-order chi connectivity index (χ1) is 15.0. The average Bonchev–Trinajstić information content (AvgIpc) is 3.37. The van der Waals surface area contributed by atoms with Crippen LogP contribution in [0.2, 0.25) is 0 Å². The molecule has 2 heterocycles. The highest BCUT2D eigenvalue weighted by atomic mass is 16.6. The van der Waals surface area contributed by atoms with Gasteiger partial charge in [0, 0.05) is 18.4 Å². The van der Waals surface area contributed by atoms with E-state index in [9.17, 15) is 9.59 Å². The molecule has 1 fully saturated rings. The summed E-state index contributed by atoms with van der Waals surface area (Å²) in [5.74, 6) is -0.0343. The predicted molar refractivity (Wildman–Crippen MR) is 116 cm³/mol. The Labute approximate surface area is 181 Å². The van der Waals surface area contributed by atoms with Crippen LogP contribution < -0.4 is 10.6 Å². The number of hydrogen-bond donors (Lipinski definition) is 2. The molecule has 2 amide bonds. The molecule has 0 bridgehead atoms. The number of aromatic nitrogens is 2. The Balaban J connectivity index is 1.38. The first kappa shape index (κ1) is 20.8. The first-order valence-corrected chi connectivity index (χ1v) is 10.5. The number of amides is 2. The number of benzene rings is 2. The van der Waals surface area contributed by atoms with E-state index < -0.39 is 5.54 Å². The van der Waals surface area contributed by atoms with Gasteiger partial charge in [0.1, 0.15) is 11.4 Å². The average molecular weight is 418 g/mol. The first-order valence-electron chi connectivity index (χ1n) is 10.5. The zero-order chi connectivity index (χ0) is 21.7. The van der Waals surface area contributed by atoms with Gasteiger partial charge in [0.05, 0.1) is 6.54 Å². The van der Waals surface area contributed by atoms with Crippen molar-refractivity contribution in [3.05, 3.63) is 71.5 Å². The van der Waals surface area contributed by atoms with Gasteiger partial charge < -0.3 is 10.6 Å². The molecule has 3 aromatic rings. The minimum absolute atomic E-state index is 0.0469. The van der Waals surface area contributed by atoms with E-state index in [0.29, 0.717) is 37.1 Å². The highest BCUT2D eigenvalue weighted by Gasteiger charge is 2.37. The van der Waals surface area contributed by atoms with Gasteiger partial charge in [-0.05, 0) is 42.9 Å². The van der Waals surface area contributed by atoms with Gasteiger partial charge in [-0.15, -0.1) is 0 Å². The predicted octanol–water partition coefficient (Wildman–Crippen LogP) is 3.33. The summed E-state index contributed by atoms with van der Waals surface area (Å²) < 4.78 is 4.65. The van der Waals surface area contributed by atoms with Gasteiger partial charge >= 0.3 is 0 Å². The highest BCUT2D eigenvalue weighted by Crippen LogP contribution is 2.30. The van der Waals surface area contributed by atoms with E-state index in [1.165, 1.54) is 5.56 Å². The van der Waals surface area contributed by atoms with Gasteiger partial charge in [0.25, 0.3) is 0 Å².